The van der Waals surface area contributed by atoms with Crippen LogP contribution in [-0.2, 0) is 16.0 Å². The fourth-order valence-corrected chi connectivity index (χ4v) is 3.15. The summed E-state index contributed by atoms with van der Waals surface area (Å²) in [5.41, 5.74) is 1.76. The Morgan fingerprint density at radius 3 is 2.70 bits per heavy atom. The van der Waals surface area contributed by atoms with Crippen LogP contribution in [0, 0.1) is 5.92 Å². The largest absolute Gasteiger partial charge is 0.497 e. The lowest BCUT2D eigenvalue weighted by Gasteiger charge is -2.20. The van der Waals surface area contributed by atoms with Gasteiger partial charge in [0, 0.05) is 38.0 Å². The van der Waals surface area contributed by atoms with Gasteiger partial charge in [0.2, 0.25) is 11.8 Å². The summed E-state index contributed by atoms with van der Waals surface area (Å²) in [6.07, 6.45) is 4.38. The summed E-state index contributed by atoms with van der Waals surface area (Å²) in [4.78, 5) is 30.5. The van der Waals surface area contributed by atoms with E-state index in [0.29, 0.717) is 30.3 Å². The topological polar surface area (TPSA) is 80.8 Å². The molecule has 0 bridgehead atoms. The van der Waals surface area contributed by atoms with E-state index < -0.39 is 0 Å². The van der Waals surface area contributed by atoms with E-state index in [2.05, 4.69) is 10.3 Å². The molecule has 1 aromatic carbocycles. The molecule has 3 rings (SSSR count). The fraction of sp³-hybridized carbons (Fsp3) is 0.350. The number of hydrogen-bond donors (Lipinski definition) is 1. The summed E-state index contributed by atoms with van der Waals surface area (Å²) < 4.78 is 10.6. The van der Waals surface area contributed by atoms with E-state index >= 15 is 0 Å². The van der Waals surface area contributed by atoms with Crippen molar-refractivity contribution >= 4 is 17.5 Å². The maximum atomic E-state index is 12.5. The van der Waals surface area contributed by atoms with Crippen molar-refractivity contribution in [1.82, 2.24) is 10.3 Å². The number of nitrogens with one attached hydrogen (secondary N) is 1. The first-order valence-corrected chi connectivity index (χ1v) is 8.81. The SMILES string of the molecule is COc1ccc(N2C[C@H](C(=O)NCCc3ccncc3)CC2=O)c(OC)c1. The normalized spacial score (nSPS) is 16.3. The van der Waals surface area contributed by atoms with Gasteiger partial charge in [0.25, 0.3) is 0 Å². The molecule has 0 radical (unpaired) electrons. The molecule has 2 aromatic rings. The van der Waals surface area contributed by atoms with Crippen LogP contribution in [0.15, 0.2) is 42.7 Å². The Bertz CT molecular complexity index is 810. The molecule has 0 spiro atoms. The number of carbonyl (C=O) groups excluding carboxylic acids is 2. The monoisotopic (exact) mass is 369 g/mol. The van der Waals surface area contributed by atoms with Gasteiger partial charge in [0.15, 0.2) is 0 Å². The van der Waals surface area contributed by atoms with Crippen LogP contribution in [0.1, 0.15) is 12.0 Å². The molecule has 0 unspecified atom stereocenters. The number of pyridine rings is 1. The van der Waals surface area contributed by atoms with E-state index in [1.807, 2.05) is 12.1 Å². The molecule has 27 heavy (non-hydrogen) atoms. The van der Waals surface area contributed by atoms with E-state index in [9.17, 15) is 9.59 Å². The zero-order valence-corrected chi connectivity index (χ0v) is 15.5. The second kappa shape index (κ2) is 8.53. The highest BCUT2D eigenvalue weighted by Gasteiger charge is 2.36. The Morgan fingerprint density at radius 1 is 1.22 bits per heavy atom. The number of aromatic nitrogens is 1. The summed E-state index contributed by atoms with van der Waals surface area (Å²) in [5.74, 6) is 0.621. The second-order valence-electron chi connectivity index (χ2n) is 6.34. The number of rotatable bonds is 7. The van der Waals surface area contributed by atoms with Gasteiger partial charge in [0.05, 0.1) is 25.8 Å². The van der Waals surface area contributed by atoms with Gasteiger partial charge in [-0.15, -0.1) is 0 Å². The third-order valence-electron chi connectivity index (χ3n) is 4.64. The summed E-state index contributed by atoms with van der Waals surface area (Å²) in [7, 11) is 3.11. The quantitative estimate of drug-likeness (QED) is 0.805. The van der Waals surface area contributed by atoms with Crippen LogP contribution >= 0.6 is 0 Å². The van der Waals surface area contributed by atoms with Crippen molar-refractivity contribution < 1.29 is 19.1 Å². The van der Waals surface area contributed by atoms with Gasteiger partial charge in [-0.2, -0.15) is 0 Å². The van der Waals surface area contributed by atoms with E-state index in [4.69, 9.17) is 9.47 Å². The third kappa shape index (κ3) is 4.36. The van der Waals surface area contributed by atoms with Crippen molar-refractivity contribution in [2.24, 2.45) is 5.92 Å². The van der Waals surface area contributed by atoms with Crippen molar-refractivity contribution in [2.75, 3.05) is 32.2 Å². The van der Waals surface area contributed by atoms with Crippen molar-refractivity contribution in [1.29, 1.82) is 0 Å². The molecule has 142 valence electrons. The van der Waals surface area contributed by atoms with Crippen LogP contribution in [0.4, 0.5) is 5.69 Å². The van der Waals surface area contributed by atoms with Gasteiger partial charge in [-0.05, 0) is 36.2 Å². The van der Waals surface area contributed by atoms with Gasteiger partial charge in [0.1, 0.15) is 11.5 Å². The molecule has 7 heteroatoms. The standard InChI is InChI=1S/C20H23N3O4/c1-26-16-3-4-17(18(12-16)27-2)23-13-15(11-19(23)24)20(25)22-10-7-14-5-8-21-9-6-14/h3-6,8-9,12,15H,7,10-11,13H2,1-2H3,(H,22,25)/t15-/m1/s1. The molecule has 1 fully saturated rings. The highest BCUT2D eigenvalue weighted by Crippen LogP contribution is 2.35. The number of anilines is 1. The van der Waals surface area contributed by atoms with Crippen molar-refractivity contribution in [3.8, 4) is 11.5 Å². The minimum Gasteiger partial charge on any atom is -0.497 e. The Kier molecular flexibility index (Phi) is 5.90. The summed E-state index contributed by atoms with van der Waals surface area (Å²) in [5, 5.41) is 2.92. The average Bonchev–Trinajstić information content (AvgIpc) is 3.09. The van der Waals surface area contributed by atoms with Crippen molar-refractivity contribution in [3.63, 3.8) is 0 Å². The number of hydrogen-bond acceptors (Lipinski definition) is 5. The minimum absolute atomic E-state index is 0.0900. The Hall–Kier alpha value is -3.09. The number of nitrogens with zero attached hydrogens (tertiary/aromatic N) is 2. The Morgan fingerprint density at radius 2 is 2.00 bits per heavy atom. The van der Waals surface area contributed by atoms with Crippen molar-refractivity contribution in [3.05, 3.63) is 48.3 Å². The number of amides is 2. The number of methoxy groups -OCH3 is 2. The first-order valence-electron chi connectivity index (χ1n) is 8.81. The Labute approximate surface area is 158 Å². The molecule has 1 aromatic heterocycles. The van der Waals surface area contributed by atoms with Gasteiger partial charge < -0.3 is 19.7 Å². The fourth-order valence-electron chi connectivity index (χ4n) is 3.15. The summed E-state index contributed by atoms with van der Waals surface area (Å²) >= 11 is 0. The predicted octanol–water partition coefficient (Wildman–Crippen LogP) is 1.81. The van der Waals surface area contributed by atoms with E-state index in [1.165, 1.54) is 0 Å². The van der Waals surface area contributed by atoms with Crippen molar-refractivity contribution in [2.45, 2.75) is 12.8 Å². The predicted molar refractivity (Wildman–Crippen MR) is 101 cm³/mol. The molecule has 1 atom stereocenters. The van der Waals surface area contributed by atoms with Crippen LogP contribution in [0.5, 0.6) is 11.5 Å². The number of carbonyl (C=O) groups is 2. The molecule has 2 amide bonds. The van der Waals surface area contributed by atoms with Gasteiger partial charge in [-0.25, -0.2) is 0 Å². The zero-order valence-electron chi connectivity index (χ0n) is 15.5. The maximum absolute atomic E-state index is 12.5. The highest BCUT2D eigenvalue weighted by atomic mass is 16.5. The molecule has 1 aliphatic heterocycles. The van der Waals surface area contributed by atoms with Crippen LogP contribution < -0.4 is 19.7 Å². The number of ether oxygens (including phenoxy) is 2. The van der Waals surface area contributed by atoms with Crippen LogP contribution in [0.3, 0.4) is 0 Å². The van der Waals surface area contributed by atoms with Gasteiger partial charge in [-0.3, -0.25) is 14.6 Å². The second-order valence-corrected chi connectivity index (χ2v) is 6.34. The molecule has 1 saturated heterocycles. The lowest BCUT2D eigenvalue weighted by atomic mass is 10.1. The smallest absolute Gasteiger partial charge is 0.227 e. The molecule has 0 saturated carbocycles. The summed E-state index contributed by atoms with van der Waals surface area (Å²) in [6.45, 7) is 0.863. The zero-order chi connectivity index (χ0) is 19.2. The van der Waals surface area contributed by atoms with Crippen LogP contribution in [0.25, 0.3) is 0 Å². The summed E-state index contributed by atoms with van der Waals surface area (Å²) in [6, 6.07) is 9.11. The van der Waals surface area contributed by atoms with E-state index in [0.717, 1.165) is 12.0 Å². The number of benzene rings is 1. The van der Waals surface area contributed by atoms with Crippen LogP contribution in [-0.4, -0.2) is 44.1 Å². The van der Waals surface area contributed by atoms with Crippen LogP contribution in [0.2, 0.25) is 0 Å². The molecule has 1 aliphatic rings. The lowest BCUT2D eigenvalue weighted by Crippen LogP contribution is -2.34. The third-order valence-corrected chi connectivity index (χ3v) is 4.64. The van der Waals surface area contributed by atoms with E-state index in [-0.39, 0.29) is 24.2 Å². The first-order chi connectivity index (χ1) is 13.1. The lowest BCUT2D eigenvalue weighted by molar-refractivity contribution is -0.126. The molecular weight excluding hydrogens is 346 g/mol. The van der Waals surface area contributed by atoms with Gasteiger partial charge in [-0.1, -0.05) is 0 Å². The van der Waals surface area contributed by atoms with Gasteiger partial charge >= 0.3 is 0 Å². The molecule has 2 heterocycles. The average molecular weight is 369 g/mol. The molecule has 0 aliphatic carbocycles. The molecule has 1 N–H and O–H groups in total. The van der Waals surface area contributed by atoms with E-state index in [1.54, 1.807) is 49.7 Å². The minimum atomic E-state index is -0.373. The highest BCUT2D eigenvalue weighted by molar-refractivity contribution is 6.01. The maximum Gasteiger partial charge on any atom is 0.227 e. The first kappa shape index (κ1) is 18.7. The Balaban J connectivity index is 1.60. The molecular formula is C20H23N3O4. The molecule has 7 nitrogen and oxygen atoms in total.